The molecule has 0 radical (unpaired) electrons. The molecule has 0 aromatic carbocycles. The van der Waals surface area contributed by atoms with E-state index in [0.717, 1.165) is 50.7 Å². The van der Waals surface area contributed by atoms with Crippen LogP contribution in [0.1, 0.15) is 58.3 Å². The van der Waals surface area contributed by atoms with Crippen molar-refractivity contribution < 1.29 is 14.0 Å². The standard InChI is InChI=1S/C21H27FO2S/c1-20-8-7-18-16(17(20)4-5-19(20)24)3-2-14-12-15(23)6-9-21(14,18)10-11-25-13-22/h7,12,16-17H,2-6,8-11,13H2,1H3/t16?,17?,20-,21+/m0/s1. The molecule has 2 unspecified atom stereocenters. The van der Waals surface area contributed by atoms with Crippen LogP contribution in [0.5, 0.6) is 0 Å². The topological polar surface area (TPSA) is 34.1 Å². The van der Waals surface area contributed by atoms with Crippen LogP contribution in [-0.2, 0) is 9.59 Å². The second-order valence-corrected chi connectivity index (χ2v) is 9.51. The van der Waals surface area contributed by atoms with Gasteiger partial charge in [0, 0.05) is 23.7 Å². The number of alkyl halides is 1. The van der Waals surface area contributed by atoms with E-state index in [4.69, 9.17) is 0 Å². The Balaban J connectivity index is 1.73. The van der Waals surface area contributed by atoms with E-state index in [9.17, 15) is 14.0 Å². The van der Waals surface area contributed by atoms with Crippen LogP contribution in [0.4, 0.5) is 4.39 Å². The van der Waals surface area contributed by atoms with E-state index < -0.39 is 0 Å². The van der Waals surface area contributed by atoms with Crippen molar-refractivity contribution in [1.82, 2.24) is 0 Å². The molecule has 0 aliphatic heterocycles. The predicted octanol–water partition coefficient (Wildman–Crippen LogP) is 5.04. The fourth-order valence-electron chi connectivity index (χ4n) is 6.19. The average molecular weight is 363 g/mol. The maximum absolute atomic E-state index is 12.7. The van der Waals surface area contributed by atoms with Crippen molar-refractivity contribution >= 4 is 23.3 Å². The quantitative estimate of drug-likeness (QED) is 0.519. The van der Waals surface area contributed by atoms with Gasteiger partial charge < -0.3 is 0 Å². The Morgan fingerprint density at radius 3 is 2.88 bits per heavy atom. The molecule has 0 amide bonds. The summed E-state index contributed by atoms with van der Waals surface area (Å²) >= 11 is 1.35. The van der Waals surface area contributed by atoms with Crippen molar-refractivity contribution in [2.75, 3.05) is 11.8 Å². The minimum Gasteiger partial charge on any atom is -0.299 e. The molecule has 4 atom stereocenters. The molecule has 0 heterocycles. The number of halogens is 1. The smallest absolute Gasteiger partial charge is 0.155 e. The van der Waals surface area contributed by atoms with Gasteiger partial charge in [0.2, 0.25) is 0 Å². The molecule has 0 N–H and O–H groups in total. The molecule has 4 aliphatic rings. The zero-order valence-electron chi connectivity index (χ0n) is 15.0. The highest BCUT2D eigenvalue weighted by Gasteiger charge is 2.56. The van der Waals surface area contributed by atoms with Crippen molar-refractivity contribution in [3.8, 4) is 0 Å². The summed E-state index contributed by atoms with van der Waals surface area (Å²) in [4.78, 5) is 24.5. The molecule has 136 valence electrons. The molecule has 4 rings (SSSR count). The lowest BCUT2D eigenvalue weighted by Gasteiger charge is -2.53. The first-order valence-corrected chi connectivity index (χ1v) is 10.8. The Morgan fingerprint density at radius 1 is 1.24 bits per heavy atom. The highest BCUT2D eigenvalue weighted by Crippen LogP contribution is 2.63. The summed E-state index contributed by atoms with van der Waals surface area (Å²) in [5.74, 6) is 2.43. The van der Waals surface area contributed by atoms with Gasteiger partial charge in [-0.05, 0) is 62.2 Å². The van der Waals surface area contributed by atoms with Gasteiger partial charge in [-0.25, -0.2) is 4.39 Å². The first kappa shape index (κ1) is 17.5. The van der Waals surface area contributed by atoms with E-state index in [0.29, 0.717) is 24.0 Å². The normalized spacial score (nSPS) is 40.1. The Bertz CT molecular complexity index is 667. The van der Waals surface area contributed by atoms with Crippen molar-refractivity contribution in [3.63, 3.8) is 0 Å². The van der Waals surface area contributed by atoms with Crippen LogP contribution in [0.3, 0.4) is 0 Å². The molecule has 4 aliphatic carbocycles. The minimum absolute atomic E-state index is 0.0357. The van der Waals surface area contributed by atoms with Crippen molar-refractivity contribution in [2.45, 2.75) is 58.3 Å². The molecule has 2 fully saturated rings. The number of hydrogen-bond donors (Lipinski definition) is 0. The van der Waals surface area contributed by atoms with Gasteiger partial charge in [-0.2, -0.15) is 0 Å². The summed E-state index contributed by atoms with van der Waals surface area (Å²) in [7, 11) is 0. The van der Waals surface area contributed by atoms with Gasteiger partial charge in [0.15, 0.2) is 5.78 Å². The highest BCUT2D eigenvalue weighted by molar-refractivity contribution is 7.99. The van der Waals surface area contributed by atoms with Gasteiger partial charge in [-0.1, -0.05) is 24.1 Å². The maximum Gasteiger partial charge on any atom is 0.155 e. The number of hydrogen-bond acceptors (Lipinski definition) is 3. The third-order valence-corrected chi connectivity index (χ3v) is 8.19. The van der Waals surface area contributed by atoms with Crippen molar-refractivity contribution in [2.24, 2.45) is 22.7 Å². The SMILES string of the molecule is C[C@]12CC=C3C(CCC4=CC(=O)CC[C@@]43CCSCF)C1CCC2=O. The lowest BCUT2D eigenvalue weighted by Crippen LogP contribution is -2.46. The highest BCUT2D eigenvalue weighted by atomic mass is 32.2. The summed E-state index contributed by atoms with van der Waals surface area (Å²) in [6.07, 6.45) is 11.3. The van der Waals surface area contributed by atoms with E-state index in [1.54, 1.807) is 0 Å². The van der Waals surface area contributed by atoms with Gasteiger partial charge in [0.05, 0.1) is 0 Å². The van der Waals surface area contributed by atoms with E-state index in [1.807, 2.05) is 6.08 Å². The molecule has 0 aromatic rings. The molecule has 0 spiro atoms. The summed E-state index contributed by atoms with van der Waals surface area (Å²) < 4.78 is 12.7. The number of carbonyl (C=O) groups is 2. The third kappa shape index (κ3) is 2.58. The second kappa shape index (κ2) is 6.37. The van der Waals surface area contributed by atoms with Gasteiger partial charge >= 0.3 is 0 Å². The minimum atomic E-state index is -0.342. The van der Waals surface area contributed by atoms with E-state index in [2.05, 4.69) is 13.0 Å². The summed E-state index contributed by atoms with van der Waals surface area (Å²) in [5.41, 5.74) is 2.58. The van der Waals surface area contributed by atoms with Crippen LogP contribution >= 0.6 is 11.8 Å². The first-order valence-electron chi connectivity index (χ1n) is 9.63. The van der Waals surface area contributed by atoms with Crippen molar-refractivity contribution in [3.05, 3.63) is 23.3 Å². The summed E-state index contributed by atoms with van der Waals surface area (Å²) in [5, 5.41) is 0. The average Bonchev–Trinajstić information content (AvgIpc) is 2.91. The fraction of sp³-hybridized carbons (Fsp3) is 0.714. The molecular weight excluding hydrogens is 335 g/mol. The lowest BCUT2D eigenvalue weighted by atomic mass is 9.50. The van der Waals surface area contributed by atoms with E-state index in [1.165, 1.54) is 22.9 Å². The van der Waals surface area contributed by atoms with Gasteiger partial charge in [0.25, 0.3) is 0 Å². The van der Waals surface area contributed by atoms with E-state index >= 15 is 0 Å². The van der Waals surface area contributed by atoms with Crippen LogP contribution in [0.15, 0.2) is 23.3 Å². The zero-order chi connectivity index (χ0) is 17.7. The van der Waals surface area contributed by atoms with Crippen LogP contribution in [0.2, 0.25) is 0 Å². The van der Waals surface area contributed by atoms with Crippen LogP contribution in [-0.4, -0.2) is 23.3 Å². The Labute approximate surface area is 153 Å². The third-order valence-electron chi connectivity index (χ3n) is 7.54. The van der Waals surface area contributed by atoms with Gasteiger partial charge in [-0.15, -0.1) is 11.8 Å². The number of carbonyl (C=O) groups excluding carboxylic acids is 2. The number of ketones is 2. The van der Waals surface area contributed by atoms with Crippen molar-refractivity contribution in [1.29, 1.82) is 0 Å². The monoisotopic (exact) mass is 362 g/mol. The molecule has 2 saturated carbocycles. The predicted molar refractivity (Wildman–Crippen MR) is 99.1 cm³/mol. The fourth-order valence-corrected chi connectivity index (χ4v) is 6.79. The Morgan fingerprint density at radius 2 is 2.08 bits per heavy atom. The zero-order valence-corrected chi connectivity index (χ0v) is 15.8. The number of allylic oxidation sites excluding steroid dienone is 4. The summed E-state index contributed by atoms with van der Waals surface area (Å²) in [6.45, 7) is 2.17. The van der Waals surface area contributed by atoms with Crippen LogP contribution < -0.4 is 0 Å². The molecule has 4 heteroatoms. The van der Waals surface area contributed by atoms with Gasteiger partial charge in [-0.3, -0.25) is 9.59 Å². The van der Waals surface area contributed by atoms with Crippen LogP contribution in [0, 0.1) is 22.7 Å². The second-order valence-electron chi connectivity index (χ2n) is 8.48. The molecule has 2 nitrogen and oxygen atoms in total. The molecule has 0 bridgehead atoms. The Kier molecular flexibility index (Phi) is 4.46. The number of Topliss-reactive ketones (excluding diaryl/α,β-unsaturated/α-hetero) is 1. The number of thioether (sulfide) groups is 1. The van der Waals surface area contributed by atoms with E-state index in [-0.39, 0.29) is 22.6 Å². The number of fused-ring (bicyclic) bond motifs is 5. The summed E-state index contributed by atoms with van der Waals surface area (Å²) in [6, 6.07) is -0.342. The maximum atomic E-state index is 12.7. The molecule has 0 saturated heterocycles. The molecule has 0 aromatic heterocycles. The lowest BCUT2D eigenvalue weighted by molar-refractivity contribution is -0.127. The van der Waals surface area contributed by atoms with Crippen LogP contribution in [0.25, 0.3) is 0 Å². The largest absolute Gasteiger partial charge is 0.299 e. The van der Waals surface area contributed by atoms with Gasteiger partial charge in [0.1, 0.15) is 11.8 Å². The first-order chi connectivity index (χ1) is 12.0. The Hall–Kier alpha value is -0.900. The molecular formula is C21H27FO2S. The molecule has 25 heavy (non-hydrogen) atoms. The number of rotatable bonds is 4.